The Morgan fingerprint density at radius 1 is 1.12 bits per heavy atom. The van der Waals surface area contributed by atoms with Gasteiger partial charge < -0.3 is 4.90 Å². The molecule has 0 spiro atoms. The molecule has 0 saturated carbocycles. The van der Waals surface area contributed by atoms with Crippen molar-refractivity contribution < 1.29 is 13.2 Å². The largest absolute Gasteiger partial charge is 0.336 e. The van der Waals surface area contributed by atoms with Gasteiger partial charge in [0, 0.05) is 31.2 Å². The SMILES string of the molecule is C[C@@H]1CCCCN1C(=O)c1ccc(Cl)c(S(=O)(=O)N2CCCC2)c1. The number of piperidine rings is 1. The van der Waals surface area contributed by atoms with Crippen molar-refractivity contribution in [2.24, 2.45) is 0 Å². The van der Waals surface area contributed by atoms with Gasteiger partial charge in [-0.05, 0) is 57.2 Å². The van der Waals surface area contributed by atoms with E-state index in [2.05, 4.69) is 0 Å². The Balaban J connectivity index is 1.92. The monoisotopic (exact) mass is 370 g/mol. The van der Waals surface area contributed by atoms with Crippen LogP contribution in [0.25, 0.3) is 0 Å². The minimum Gasteiger partial charge on any atom is -0.336 e. The fourth-order valence-corrected chi connectivity index (χ4v) is 5.48. The van der Waals surface area contributed by atoms with E-state index in [1.54, 1.807) is 6.07 Å². The van der Waals surface area contributed by atoms with Crippen molar-refractivity contribution in [1.82, 2.24) is 9.21 Å². The summed E-state index contributed by atoms with van der Waals surface area (Å²) in [6.45, 7) is 3.78. The summed E-state index contributed by atoms with van der Waals surface area (Å²) in [7, 11) is -3.64. The van der Waals surface area contributed by atoms with E-state index >= 15 is 0 Å². The van der Waals surface area contributed by atoms with Crippen molar-refractivity contribution >= 4 is 27.5 Å². The molecule has 0 radical (unpaired) electrons. The van der Waals surface area contributed by atoms with Crippen LogP contribution in [0, 0.1) is 0 Å². The van der Waals surface area contributed by atoms with Gasteiger partial charge in [0.25, 0.3) is 5.91 Å². The number of nitrogens with zero attached hydrogens (tertiary/aromatic N) is 2. The van der Waals surface area contributed by atoms with Crippen LogP contribution in [-0.4, -0.2) is 49.2 Å². The third-order valence-corrected chi connectivity index (χ3v) is 7.31. The van der Waals surface area contributed by atoms with Crippen LogP contribution in [0.2, 0.25) is 5.02 Å². The van der Waals surface area contributed by atoms with Crippen molar-refractivity contribution in [2.45, 2.75) is 50.0 Å². The molecule has 0 unspecified atom stereocenters. The molecular formula is C17H23ClN2O3S. The van der Waals surface area contributed by atoms with Crippen molar-refractivity contribution in [2.75, 3.05) is 19.6 Å². The number of carbonyl (C=O) groups is 1. The Kier molecular flexibility index (Phi) is 5.18. The highest BCUT2D eigenvalue weighted by Crippen LogP contribution is 2.29. The molecule has 7 heteroatoms. The first-order chi connectivity index (χ1) is 11.4. The van der Waals surface area contributed by atoms with Gasteiger partial charge in [0.1, 0.15) is 4.90 Å². The van der Waals surface area contributed by atoms with E-state index in [9.17, 15) is 13.2 Å². The van der Waals surface area contributed by atoms with E-state index in [1.165, 1.54) is 16.4 Å². The maximum absolute atomic E-state index is 12.8. The van der Waals surface area contributed by atoms with Crippen LogP contribution in [0.5, 0.6) is 0 Å². The fourth-order valence-electron chi connectivity index (χ4n) is 3.47. The van der Waals surface area contributed by atoms with Gasteiger partial charge in [-0.3, -0.25) is 4.79 Å². The van der Waals surface area contributed by atoms with Crippen LogP contribution in [-0.2, 0) is 10.0 Å². The highest BCUT2D eigenvalue weighted by molar-refractivity contribution is 7.89. The standard InChI is InChI=1S/C17H23ClN2O3S/c1-13-6-2-3-11-20(13)17(21)14-7-8-15(18)16(12-14)24(22,23)19-9-4-5-10-19/h7-8,12-13H,2-6,9-11H2,1H3/t13-/m1/s1. The molecule has 1 atom stereocenters. The molecule has 0 bridgehead atoms. The number of benzene rings is 1. The lowest BCUT2D eigenvalue weighted by Gasteiger charge is -2.33. The zero-order chi connectivity index (χ0) is 17.3. The third-order valence-electron chi connectivity index (χ3n) is 4.92. The zero-order valence-electron chi connectivity index (χ0n) is 13.9. The molecular weight excluding hydrogens is 348 g/mol. The van der Waals surface area contributed by atoms with Crippen molar-refractivity contribution in [3.63, 3.8) is 0 Å². The van der Waals surface area contributed by atoms with E-state index in [-0.39, 0.29) is 21.9 Å². The summed E-state index contributed by atoms with van der Waals surface area (Å²) in [4.78, 5) is 14.7. The van der Waals surface area contributed by atoms with Crippen LogP contribution in [0.3, 0.4) is 0 Å². The Morgan fingerprint density at radius 2 is 1.79 bits per heavy atom. The molecule has 2 aliphatic heterocycles. The summed E-state index contributed by atoms with van der Waals surface area (Å²) >= 11 is 6.15. The van der Waals surface area contributed by atoms with Gasteiger partial charge in [-0.1, -0.05) is 11.6 Å². The van der Waals surface area contributed by atoms with Crippen LogP contribution in [0.1, 0.15) is 49.4 Å². The van der Waals surface area contributed by atoms with E-state index in [1.807, 2.05) is 11.8 Å². The molecule has 3 rings (SSSR count). The molecule has 2 fully saturated rings. The topological polar surface area (TPSA) is 57.7 Å². The molecule has 0 aliphatic carbocycles. The quantitative estimate of drug-likeness (QED) is 0.821. The van der Waals surface area contributed by atoms with Gasteiger partial charge >= 0.3 is 0 Å². The first-order valence-corrected chi connectivity index (χ1v) is 10.3. The number of halogens is 1. The van der Waals surface area contributed by atoms with Crippen molar-refractivity contribution in [3.05, 3.63) is 28.8 Å². The molecule has 132 valence electrons. The normalized spacial score (nSPS) is 22.8. The molecule has 2 heterocycles. The second-order valence-corrected chi connectivity index (χ2v) is 8.91. The Labute approximate surface area is 148 Å². The lowest BCUT2D eigenvalue weighted by atomic mass is 10.0. The number of carbonyl (C=O) groups excluding carboxylic acids is 1. The molecule has 2 aliphatic rings. The molecule has 1 amide bonds. The molecule has 5 nitrogen and oxygen atoms in total. The van der Waals surface area contributed by atoms with Gasteiger partial charge in [0.15, 0.2) is 0 Å². The summed E-state index contributed by atoms with van der Waals surface area (Å²) in [6, 6.07) is 4.77. The Morgan fingerprint density at radius 3 is 2.46 bits per heavy atom. The average molecular weight is 371 g/mol. The van der Waals surface area contributed by atoms with Gasteiger partial charge in [-0.2, -0.15) is 4.31 Å². The van der Waals surface area contributed by atoms with E-state index < -0.39 is 10.0 Å². The van der Waals surface area contributed by atoms with Gasteiger partial charge in [0.05, 0.1) is 5.02 Å². The first-order valence-electron chi connectivity index (χ1n) is 8.52. The number of sulfonamides is 1. The second-order valence-electron chi connectivity index (χ2n) is 6.60. The van der Waals surface area contributed by atoms with E-state index in [0.29, 0.717) is 18.7 Å². The average Bonchev–Trinajstić information content (AvgIpc) is 3.10. The maximum atomic E-state index is 12.8. The molecule has 1 aromatic rings. The number of hydrogen-bond donors (Lipinski definition) is 0. The van der Waals surface area contributed by atoms with Gasteiger partial charge in [0.2, 0.25) is 10.0 Å². The second kappa shape index (κ2) is 7.02. The number of rotatable bonds is 3. The van der Waals surface area contributed by atoms with Gasteiger partial charge in [-0.15, -0.1) is 0 Å². The number of amides is 1. The van der Waals surface area contributed by atoms with E-state index in [4.69, 9.17) is 11.6 Å². The Hall–Kier alpha value is -1.11. The molecule has 0 N–H and O–H groups in total. The van der Waals surface area contributed by atoms with Crippen LogP contribution in [0.15, 0.2) is 23.1 Å². The summed E-state index contributed by atoms with van der Waals surface area (Å²) in [6.07, 6.45) is 4.82. The maximum Gasteiger partial charge on any atom is 0.254 e. The third kappa shape index (κ3) is 3.32. The Bertz CT molecular complexity index is 729. The van der Waals surface area contributed by atoms with Crippen LogP contribution >= 0.6 is 11.6 Å². The molecule has 24 heavy (non-hydrogen) atoms. The lowest BCUT2D eigenvalue weighted by Crippen LogP contribution is -2.42. The van der Waals surface area contributed by atoms with Gasteiger partial charge in [-0.25, -0.2) is 8.42 Å². The highest BCUT2D eigenvalue weighted by Gasteiger charge is 2.31. The predicted octanol–water partition coefficient (Wildman–Crippen LogP) is 3.14. The van der Waals surface area contributed by atoms with Crippen molar-refractivity contribution in [1.29, 1.82) is 0 Å². The van der Waals surface area contributed by atoms with Crippen molar-refractivity contribution in [3.8, 4) is 0 Å². The van der Waals surface area contributed by atoms with Crippen LogP contribution in [0.4, 0.5) is 0 Å². The summed E-state index contributed by atoms with van der Waals surface area (Å²) in [5.74, 6) is -0.114. The van der Waals surface area contributed by atoms with E-state index in [0.717, 1.165) is 38.6 Å². The fraction of sp³-hybridized carbons (Fsp3) is 0.588. The minimum atomic E-state index is -3.64. The number of likely N-dealkylation sites (tertiary alicyclic amines) is 1. The smallest absolute Gasteiger partial charge is 0.254 e. The summed E-state index contributed by atoms with van der Waals surface area (Å²) in [5, 5.41) is 0.171. The summed E-state index contributed by atoms with van der Waals surface area (Å²) < 4.78 is 27.0. The lowest BCUT2D eigenvalue weighted by molar-refractivity contribution is 0.0635. The molecule has 2 saturated heterocycles. The zero-order valence-corrected chi connectivity index (χ0v) is 15.4. The molecule has 0 aromatic heterocycles. The highest BCUT2D eigenvalue weighted by atomic mass is 35.5. The first kappa shape index (κ1) is 17.7. The summed E-state index contributed by atoms with van der Waals surface area (Å²) in [5.41, 5.74) is 0.394. The predicted molar refractivity (Wildman–Crippen MR) is 93.8 cm³/mol. The minimum absolute atomic E-state index is 0.0431. The number of hydrogen-bond acceptors (Lipinski definition) is 3. The molecule has 1 aromatic carbocycles. The van der Waals surface area contributed by atoms with Crippen LogP contribution < -0.4 is 0 Å².